The molecule has 1 aromatic heterocycles. The van der Waals surface area contributed by atoms with Crippen molar-refractivity contribution in [2.45, 2.75) is 27.3 Å². The second-order valence-electron chi connectivity index (χ2n) is 5.94. The van der Waals surface area contributed by atoms with Gasteiger partial charge in [-0.2, -0.15) is 4.99 Å². The number of aromatic nitrogens is 1. The van der Waals surface area contributed by atoms with E-state index in [1.54, 1.807) is 31.4 Å². The van der Waals surface area contributed by atoms with Crippen LogP contribution in [-0.2, 0) is 6.54 Å². The quantitative estimate of drug-likeness (QED) is 0.654. The molecule has 0 radical (unpaired) electrons. The molecule has 0 N–H and O–H groups in total. The molecule has 0 unspecified atom stereocenters. The van der Waals surface area contributed by atoms with Crippen LogP contribution in [0.4, 0.5) is 0 Å². The Kier molecular flexibility index (Phi) is 5.04. The predicted molar refractivity (Wildman–Crippen MR) is 103 cm³/mol. The van der Waals surface area contributed by atoms with Crippen LogP contribution in [0.3, 0.4) is 0 Å². The van der Waals surface area contributed by atoms with Gasteiger partial charge in [0.1, 0.15) is 11.3 Å². The smallest absolute Gasteiger partial charge is 0.279 e. The van der Waals surface area contributed by atoms with Gasteiger partial charge in [0, 0.05) is 17.7 Å². The number of carbonyl (C=O) groups excluding carboxylic acids is 2. The molecule has 134 valence electrons. The Balaban J connectivity index is 2.13. The molecule has 0 fully saturated rings. The number of Topliss-reactive ketones (excluding diaryl/α,β-unsaturated/α-hetero) is 1. The molecule has 0 saturated heterocycles. The molecular weight excluding hydrogens is 348 g/mol. The maximum absolute atomic E-state index is 12.6. The molecule has 3 aromatic rings. The molecule has 0 saturated carbocycles. The highest BCUT2D eigenvalue weighted by atomic mass is 32.1. The molecule has 0 atom stereocenters. The van der Waals surface area contributed by atoms with Gasteiger partial charge < -0.3 is 9.30 Å². The third kappa shape index (κ3) is 3.20. The van der Waals surface area contributed by atoms with Crippen molar-refractivity contribution in [3.8, 4) is 5.75 Å². The molecule has 0 aliphatic carbocycles. The molecule has 3 rings (SSSR count). The van der Waals surface area contributed by atoms with E-state index in [0.717, 1.165) is 21.5 Å². The number of ether oxygens (including phenoxy) is 1. The SMILES string of the molecule is CCn1c(=NC(=O)c2ccc(C(C)=O)cc2)sc2c(C)ccc(OC)c21. The van der Waals surface area contributed by atoms with Gasteiger partial charge in [-0.15, -0.1) is 0 Å². The summed E-state index contributed by atoms with van der Waals surface area (Å²) in [5.74, 6) is 0.408. The van der Waals surface area contributed by atoms with Crippen molar-refractivity contribution in [2.24, 2.45) is 4.99 Å². The fourth-order valence-electron chi connectivity index (χ4n) is 2.82. The minimum absolute atomic E-state index is 0.0307. The third-order valence-corrected chi connectivity index (χ3v) is 5.47. The zero-order chi connectivity index (χ0) is 18.8. The number of hydrogen-bond donors (Lipinski definition) is 0. The lowest BCUT2D eigenvalue weighted by Gasteiger charge is -2.07. The van der Waals surface area contributed by atoms with E-state index in [-0.39, 0.29) is 11.7 Å². The Morgan fingerprint density at radius 3 is 2.35 bits per heavy atom. The molecule has 0 bridgehead atoms. The normalized spacial score (nSPS) is 11.8. The molecule has 2 aromatic carbocycles. The van der Waals surface area contributed by atoms with E-state index in [2.05, 4.69) is 4.99 Å². The van der Waals surface area contributed by atoms with Crippen LogP contribution in [0, 0.1) is 6.92 Å². The van der Waals surface area contributed by atoms with Crippen LogP contribution in [0.5, 0.6) is 5.75 Å². The van der Waals surface area contributed by atoms with E-state index in [1.165, 1.54) is 18.3 Å². The highest BCUT2D eigenvalue weighted by Crippen LogP contribution is 2.30. The molecular formula is C20H20N2O3S. The average Bonchev–Trinajstić information content (AvgIpc) is 3.01. The van der Waals surface area contributed by atoms with Crippen LogP contribution in [0.1, 0.15) is 40.1 Å². The monoisotopic (exact) mass is 368 g/mol. The molecule has 6 heteroatoms. The van der Waals surface area contributed by atoms with E-state index in [0.29, 0.717) is 22.5 Å². The van der Waals surface area contributed by atoms with E-state index in [4.69, 9.17) is 4.74 Å². The zero-order valence-corrected chi connectivity index (χ0v) is 16.0. The number of ketones is 1. The van der Waals surface area contributed by atoms with Crippen LogP contribution in [0.2, 0.25) is 0 Å². The Hall–Kier alpha value is -2.73. The summed E-state index contributed by atoms with van der Waals surface area (Å²) in [4.78, 5) is 28.9. The maximum Gasteiger partial charge on any atom is 0.279 e. The van der Waals surface area contributed by atoms with Crippen molar-refractivity contribution >= 4 is 33.2 Å². The first-order valence-electron chi connectivity index (χ1n) is 8.33. The first kappa shape index (κ1) is 18.1. The Bertz CT molecular complexity index is 1060. The van der Waals surface area contributed by atoms with Gasteiger partial charge in [-0.05, 0) is 44.5 Å². The largest absolute Gasteiger partial charge is 0.495 e. The summed E-state index contributed by atoms with van der Waals surface area (Å²) in [7, 11) is 1.64. The number of rotatable bonds is 4. The lowest BCUT2D eigenvalue weighted by molar-refractivity contribution is 0.0991. The number of amides is 1. The highest BCUT2D eigenvalue weighted by Gasteiger charge is 2.14. The number of carbonyl (C=O) groups is 2. The van der Waals surface area contributed by atoms with Gasteiger partial charge >= 0.3 is 0 Å². The number of hydrogen-bond acceptors (Lipinski definition) is 4. The summed E-state index contributed by atoms with van der Waals surface area (Å²) in [6.45, 7) is 6.22. The van der Waals surface area contributed by atoms with Crippen molar-refractivity contribution in [3.05, 3.63) is 57.9 Å². The highest BCUT2D eigenvalue weighted by molar-refractivity contribution is 7.16. The van der Waals surface area contributed by atoms with Crippen molar-refractivity contribution in [2.75, 3.05) is 7.11 Å². The number of benzene rings is 2. The van der Waals surface area contributed by atoms with Gasteiger partial charge in [0.05, 0.1) is 11.8 Å². The van der Waals surface area contributed by atoms with Gasteiger partial charge in [-0.1, -0.05) is 29.5 Å². The van der Waals surface area contributed by atoms with Crippen molar-refractivity contribution in [1.82, 2.24) is 4.57 Å². The third-order valence-electron chi connectivity index (χ3n) is 4.26. The maximum atomic E-state index is 12.6. The van der Waals surface area contributed by atoms with Gasteiger partial charge in [-0.3, -0.25) is 9.59 Å². The molecule has 1 heterocycles. The Morgan fingerprint density at radius 1 is 1.12 bits per heavy atom. The molecule has 0 spiro atoms. The minimum atomic E-state index is -0.328. The Morgan fingerprint density at radius 2 is 1.77 bits per heavy atom. The lowest BCUT2D eigenvalue weighted by atomic mass is 10.1. The van der Waals surface area contributed by atoms with Gasteiger partial charge in [-0.25, -0.2) is 0 Å². The number of methoxy groups -OCH3 is 1. The van der Waals surface area contributed by atoms with Gasteiger partial charge in [0.2, 0.25) is 0 Å². The zero-order valence-electron chi connectivity index (χ0n) is 15.2. The first-order chi connectivity index (χ1) is 12.5. The van der Waals surface area contributed by atoms with Crippen molar-refractivity contribution in [3.63, 3.8) is 0 Å². The predicted octanol–water partition coefficient (Wildman–Crippen LogP) is 3.98. The van der Waals surface area contributed by atoms with Crippen LogP contribution in [0.15, 0.2) is 41.4 Å². The van der Waals surface area contributed by atoms with Crippen molar-refractivity contribution in [1.29, 1.82) is 0 Å². The van der Waals surface area contributed by atoms with Crippen LogP contribution in [0.25, 0.3) is 10.2 Å². The lowest BCUT2D eigenvalue weighted by Crippen LogP contribution is -2.16. The summed E-state index contributed by atoms with van der Waals surface area (Å²) in [6, 6.07) is 10.5. The molecule has 26 heavy (non-hydrogen) atoms. The van der Waals surface area contributed by atoms with Crippen LogP contribution >= 0.6 is 11.3 Å². The van der Waals surface area contributed by atoms with E-state index in [1.807, 2.05) is 30.5 Å². The first-order valence-corrected chi connectivity index (χ1v) is 9.15. The van der Waals surface area contributed by atoms with E-state index in [9.17, 15) is 9.59 Å². The average molecular weight is 368 g/mol. The summed E-state index contributed by atoms with van der Waals surface area (Å²) in [5, 5.41) is 0. The standard InChI is InChI=1S/C20H20N2O3S/c1-5-22-17-16(25-4)11-6-12(2)18(17)26-20(22)21-19(24)15-9-7-14(8-10-15)13(3)23/h6-11H,5H2,1-4H3. The van der Waals surface area contributed by atoms with Gasteiger partial charge in [0.25, 0.3) is 5.91 Å². The van der Waals surface area contributed by atoms with Gasteiger partial charge in [0.15, 0.2) is 10.6 Å². The number of aryl methyl sites for hydroxylation is 2. The summed E-state index contributed by atoms with van der Waals surface area (Å²) in [5.41, 5.74) is 3.11. The fourth-order valence-corrected chi connectivity index (χ4v) is 4.00. The van der Waals surface area contributed by atoms with Crippen molar-refractivity contribution < 1.29 is 14.3 Å². The number of thiazole rings is 1. The van der Waals surface area contributed by atoms with Crippen LogP contribution in [-0.4, -0.2) is 23.4 Å². The molecule has 5 nitrogen and oxygen atoms in total. The van der Waals surface area contributed by atoms with E-state index >= 15 is 0 Å². The summed E-state index contributed by atoms with van der Waals surface area (Å²) < 4.78 is 8.54. The number of nitrogens with zero attached hydrogens (tertiary/aromatic N) is 2. The molecule has 0 aliphatic heterocycles. The van der Waals surface area contributed by atoms with E-state index < -0.39 is 0 Å². The minimum Gasteiger partial charge on any atom is -0.495 e. The Labute approximate surface area is 155 Å². The second kappa shape index (κ2) is 7.25. The molecule has 0 aliphatic rings. The second-order valence-corrected chi connectivity index (χ2v) is 6.92. The molecule has 1 amide bonds. The topological polar surface area (TPSA) is 60.7 Å². The number of fused-ring (bicyclic) bond motifs is 1. The summed E-state index contributed by atoms with van der Waals surface area (Å²) in [6.07, 6.45) is 0. The fraction of sp³-hybridized carbons (Fsp3) is 0.250. The van der Waals surface area contributed by atoms with Crippen LogP contribution < -0.4 is 9.54 Å². The summed E-state index contributed by atoms with van der Waals surface area (Å²) >= 11 is 1.48.